The van der Waals surface area contributed by atoms with Crippen LogP contribution < -0.4 is 9.47 Å². The molecule has 1 saturated heterocycles. The van der Waals surface area contributed by atoms with Crippen LogP contribution in [0.25, 0.3) is 0 Å². The molecule has 2 aliphatic heterocycles. The molecule has 0 amide bonds. The molecule has 1 N–H and O–H groups in total. The van der Waals surface area contributed by atoms with E-state index in [-0.39, 0.29) is 6.10 Å². The molecule has 1 aromatic rings. The van der Waals surface area contributed by atoms with E-state index < -0.39 is 6.10 Å². The van der Waals surface area contributed by atoms with Gasteiger partial charge in [-0.05, 0) is 38.8 Å². The predicted molar refractivity (Wildman–Crippen MR) is 92.7 cm³/mol. The number of fused-ring (bicyclic) bond motifs is 1. The topological polar surface area (TPSA) is 51.2 Å². The number of benzene rings is 1. The van der Waals surface area contributed by atoms with Gasteiger partial charge < -0.3 is 19.3 Å². The summed E-state index contributed by atoms with van der Waals surface area (Å²) in [4.78, 5) is 2.40. The third kappa shape index (κ3) is 4.41. The smallest absolute Gasteiger partial charge is 0.161 e. The van der Waals surface area contributed by atoms with Crippen LogP contribution in [0.3, 0.4) is 0 Å². The van der Waals surface area contributed by atoms with Gasteiger partial charge in [0.15, 0.2) is 17.6 Å². The summed E-state index contributed by atoms with van der Waals surface area (Å²) in [5.74, 6) is 1.54. The van der Waals surface area contributed by atoms with Gasteiger partial charge in [-0.15, -0.1) is 0 Å². The van der Waals surface area contributed by atoms with Crippen molar-refractivity contribution in [1.29, 1.82) is 0 Å². The number of hydrogen-bond donors (Lipinski definition) is 1. The first-order chi connectivity index (χ1) is 11.6. The summed E-state index contributed by atoms with van der Waals surface area (Å²) in [6.45, 7) is 6.40. The Bertz CT molecular complexity index is 514. The maximum absolute atomic E-state index is 10.3. The van der Waals surface area contributed by atoms with Gasteiger partial charge in [-0.1, -0.05) is 18.6 Å². The SMILES string of the molecule is C[C@@H]1CCC[C@H](C)N1C[C@H](O)COC[C@@H]1COc2ccccc2O1. The Morgan fingerprint density at radius 2 is 1.92 bits per heavy atom. The van der Waals surface area contributed by atoms with E-state index in [1.165, 1.54) is 19.3 Å². The van der Waals surface area contributed by atoms with Gasteiger partial charge >= 0.3 is 0 Å². The zero-order chi connectivity index (χ0) is 16.9. The molecule has 0 unspecified atom stereocenters. The van der Waals surface area contributed by atoms with E-state index in [0.717, 1.165) is 11.5 Å². The Hall–Kier alpha value is -1.30. The Labute approximate surface area is 144 Å². The van der Waals surface area contributed by atoms with Crippen LogP contribution in [0.4, 0.5) is 0 Å². The second-order valence-corrected chi connectivity index (χ2v) is 7.01. The summed E-state index contributed by atoms with van der Waals surface area (Å²) in [5.41, 5.74) is 0. The fourth-order valence-electron chi connectivity index (χ4n) is 3.61. The van der Waals surface area contributed by atoms with Crippen LogP contribution >= 0.6 is 0 Å². The first-order valence-corrected chi connectivity index (χ1v) is 9.03. The number of piperidine rings is 1. The van der Waals surface area contributed by atoms with Crippen molar-refractivity contribution in [1.82, 2.24) is 4.90 Å². The molecule has 0 bridgehead atoms. The van der Waals surface area contributed by atoms with Gasteiger partial charge in [0.2, 0.25) is 0 Å². The minimum absolute atomic E-state index is 0.125. The van der Waals surface area contributed by atoms with Gasteiger partial charge in [0.1, 0.15) is 6.61 Å². The number of hydrogen-bond acceptors (Lipinski definition) is 5. The number of aliphatic hydroxyl groups excluding tert-OH is 1. The van der Waals surface area contributed by atoms with Gasteiger partial charge in [0.25, 0.3) is 0 Å². The van der Waals surface area contributed by atoms with Gasteiger partial charge in [-0.3, -0.25) is 4.90 Å². The number of rotatable bonds is 6. The van der Waals surface area contributed by atoms with Gasteiger partial charge in [0, 0.05) is 18.6 Å². The van der Waals surface area contributed by atoms with Crippen molar-refractivity contribution in [3.05, 3.63) is 24.3 Å². The van der Waals surface area contributed by atoms with E-state index in [1.807, 2.05) is 24.3 Å². The molecule has 1 aromatic carbocycles. The lowest BCUT2D eigenvalue weighted by Crippen LogP contribution is -2.48. The molecule has 0 radical (unpaired) electrons. The van der Waals surface area contributed by atoms with E-state index in [1.54, 1.807) is 0 Å². The predicted octanol–water partition coefficient (Wildman–Crippen LogP) is 2.47. The summed E-state index contributed by atoms with van der Waals surface area (Å²) in [6.07, 6.45) is 3.12. The monoisotopic (exact) mass is 335 g/mol. The van der Waals surface area contributed by atoms with Crippen molar-refractivity contribution in [2.45, 2.75) is 57.4 Å². The molecule has 3 rings (SSSR count). The highest BCUT2D eigenvalue weighted by atomic mass is 16.6. The number of likely N-dealkylation sites (tertiary alicyclic amines) is 1. The van der Waals surface area contributed by atoms with E-state index in [9.17, 15) is 5.11 Å². The Balaban J connectivity index is 1.39. The van der Waals surface area contributed by atoms with Crippen LogP contribution in [0.1, 0.15) is 33.1 Å². The van der Waals surface area contributed by atoms with Crippen LogP contribution in [0.5, 0.6) is 11.5 Å². The molecule has 5 heteroatoms. The van der Waals surface area contributed by atoms with Gasteiger partial charge in [-0.2, -0.15) is 0 Å². The maximum atomic E-state index is 10.3. The highest BCUT2D eigenvalue weighted by Gasteiger charge is 2.27. The highest BCUT2D eigenvalue weighted by molar-refractivity contribution is 5.40. The zero-order valence-corrected chi connectivity index (χ0v) is 14.7. The molecular formula is C19H29NO4. The first-order valence-electron chi connectivity index (χ1n) is 9.03. The number of para-hydroxylation sites is 2. The number of β-amino-alcohol motifs (C(OH)–C–C–N with tert-alkyl or cyclic N) is 1. The second kappa shape index (κ2) is 8.19. The quantitative estimate of drug-likeness (QED) is 0.865. The average molecular weight is 335 g/mol. The minimum atomic E-state index is -0.468. The molecule has 2 aliphatic rings. The van der Waals surface area contributed by atoms with Gasteiger partial charge in [0.05, 0.1) is 19.3 Å². The van der Waals surface area contributed by atoms with Crippen molar-refractivity contribution in [2.24, 2.45) is 0 Å². The minimum Gasteiger partial charge on any atom is -0.486 e. The third-order valence-corrected chi connectivity index (χ3v) is 4.98. The number of nitrogens with zero attached hydrogens (tertiary/aromatic N) is 1. The van der Waals surface area contributed by atoms with Gasteiger partial charge in [-0.25, -0.2) is 0 Å². The van der Waals surface area contributed by atoms with Crippen LogP contribution in [0, 0.1) is 0 Å². The highest BCUT2D eigenvalue weighted by Crippen LogP contribution is 2.30. The molecule has 0 saturated carbocycles. The van der Waals surface area contributed by atoms with Crippen molar-refractivity contribution in [2.75, 3.05) is 26.4 Å². The number of ether oxygens (including phenoxy) is 3. The van der Waals surface area contributed by atoms with E-state index in [4.69, 9.17) is 14.2 Å². The second-order valence-electron chi connectivity index (χ2n) is 7.01. The molecule has 134 valence electrons. The van der Waals surface area contributed by atoms with Crippen molar-refractivity contribution in [3.8, 4) is 11.5 Å². The molecule has 2 heterocycles. The van der Waals surface area contributed by atoms with E-state index in [2.05, 4.69) is 18.7 Å². The van der Waals surface area contributed by atoms with Crippen LogP contribution in [0.15, 0.2) is 24.3 Å². The van der Waals surface area contributed by atoms with Crippen molar-refractivity contribution in [3.63, 3.8) is 0 Å². The first kappa shape index (κ1) is 17.5. The number of aliphatic hydroxyl groups is 1. The van der Waals surface area contributed by atoms with Crippen LogP contribution in [-0.2, 0) is 4.74 Å². The summed E-state index contributed by atoms with van der Waals surface area (Å²) in [7, 11) is 0. The Kier molecular flexibility index (Phi) is 5.98. The normalized spacial score (nSPS) is 28.5. The summed E-state index contributed by atoms with van der Waals surface area (Å²) < 4.78 is 17.2. The lowest BCUT2D eigenvalue weighted by molar-refractivity contribution is -0.0391. The molecule has 24 heavy (non-hydrogen) atoms. The average Bonchev–Trinajstić information content (AvgIpc) is 2.58. The van der Waals surface area contributed by atoms with Crippen LogP contribution in [-0.4, -0.2) is 60.7 Å². The lowest BCUT2D eigenvalue weighted by atomic mass is 9.97. The maximum Gasteiger partial charge on any atom is 0.161 e. The zero-order valence-electron chi connectivity index (χ0n) is 14.7. The summed E-state index contributed by atoms with van der Waals surface area (Å²) in [5, 5.41) is 10.3. The standard InChI is InChI=1S/C19H29NO4/c1-14-6-5-7-15(2)20(14)10-16(21)11-22-12-17-13-23-18-8-3-4-9-19(18)24-17/h3-4,8-9,14-17,21H,5-7,10-13H2,1-2H3/t14-,15+,16-,17+/m0/s1. The Morgan fingerprint density at radius 1 is 1.21 bits per heavy atom. The molecule has 5 nitrogen and oxygen atoms in total. The summed E-state index contributed by atoms with van der Waals surface area (Å²) in [6, 6.07) is 8.73. The van der Waals surface area contributed by atoms with Crippen molar-refractivity contribution < 1.29 is 19.3 Å². The fraction of sp³-hybridized carbons (Fsp3) is 0.684. The lowest BCUT2D eigenvalue weighted by Gasteiger charge is -2.40. The van der Waals surface area contributed by atoms with Crippen molar-refractivity contribution >= 4 is 0 Å². The van der Waals surface area contributed by atoms with E-state index >= 15 is 0 Å². The largest absolute Gasteiger partial charge is 0.486 e. The van der Waals surface area contributed by atoms with E-state index in [0.29, 0.717) is 38.4 Å². The molecular weight excluding hydrogens is 306 g/mol. The fourth-order valence-corrected chi connectivity index (χ4v) is 3.61. The molecule has 0 spiro atoms. The summed E-state index contributed by atoms with van der Waals surface area (Å²) >= 11 is 0. The molecule has 1 fully saturated rings. The molecule has 4 atom stereocenters. The molecule has 0 aromatic heterocycles. The van der Waals surface area contributed by atoms with Crippen LogP contribution in [0.2, 0.25) is 0 Å². The Morgan fingerprint density at radius 3 is 2.67 bits per heavy atom. The third-order valence-electron chi connectivity index (χ3n) is 4.98. The molecule has 0 aliphatic carbocycles.